The smallest absolute Gasteiger partial charge is 0.251 e. The van der Waals surface area contributed by atoms with Gasteiger partial charge in [-0.3, -0.25) is 14.8 Å². The van der Waals surface area contributed by atoms with Crippen LogP contribution in [-0.2, 0) is 16.4 Å². The van der Waals surface area contributed by atoms with E-state index in [2.05, 4.69) is 37.1 Å². The standard InChI is InChI=1S/C28H30N6O4S.ClH/c1-33-12-14-34(15-13-33)11-2-16-39(37,38)22-4-6-25(30-19-22)26-23-17-21(3-5-24(23)32-28(26)36)27(35)31-18-20-7-9-29-10-8-20;/h2-11,17,19,32,36H,12-16,18H2,1H3,(H,31,35);1H. The van der Waals surface area contributed by atoms with Gasteiger partial charge in [-0.15, -0.1) is 12.4 Å². The Morgan fingerprint density at radius 2 is 1.85 bits per heavy atom. The number of hydrogen-bond donors (Lipinski definition) is 3. The number of fused-ring (bicyclic) bond motifs is 1. The quantitative estimate of drug-likeness (QED) is 0.289. The van der Waals surface area contributed by atoms with E-state index < -0.39 is 9.84 Å². The molecule has 10 nitrogen and oxygen atoms in total. The second-order valence-electron chi connectivity index (χ2n) is 9.53. The number of amides is 1. The van der Waals surface area contributed by atoms with Gasteiger partial charge in [0.25, 0.3) is 5.91 Å². The molecule has 40 heavy (non-hydrogen) atoms. The van der Waals surface area contributed by atoms with Crippen LogP contribution in [0.15, 0.2) is 78.2 Å². The highest BCUT2D eigenvalue weighted by atomic mass is 35.5. The lowest BCUT2D eigenvalue weighted by Gasteiger charge is -2.31. The third kappa shape index (κ3) is 6.61. The van der Waals surface area contributed by atoms with Gasteiger partial charge in [0.2, 0.25) is 0 Å². The molecule has 1 aromatic carbocycles. The fraction of sp³-hybridized carbons (Fsp3) is 0.250. The zero-order valence-corrected chi connectivity index (χ0v) is 23.6. The molecule has 1 aliphatic heterocycles. The number of carbonyl (C=O) groups is 1. The van der Waals surface area contributed by atoms with Gasteiger partial charge < -0.3 is 25.2 Å². The van der Waals surface area contributed by atoms with Crippen molar-refractivity contribution in [1.82, 2.24) is 30.1 Å². The average Bonchev–Trinajstić information content (AvgIpc) is 3.28. The molecule has 0 saturated carbocycles. The molecule has 0 atom stereocenters. The highest BCUT2D eigenvalue weighted by Gasteiger charge is 2.19. The highest BCUT2D eigenvalue weighted by Crippen LogP contribution is 2.36. The van der Waals surface area contributed by atoms with Crippen molar-refractivity contribution in [3.63, 3.8) is 0 Å². The monoisotopic (exact) mass is 582 g/mol. The molecule has 0 aliphatic carbocycles. The van der Waals surface area contributed by atoms with Crippen LogP contribution < -0.4 is 5.32 Å². The molecule has 0 unspecified atom stereocenters. The Labute approximate surface area is 239 Å². The fourth-order valence-electron chi connectivity index (χ4n) is 4.46. The minimum atomic E-state index is -3.57. The van der Waals surface area contributed by atoms with Gasteiger partial charge >= 0.3 is 0 Å². The van der Waals surface area contributed by atoms with E-state index in [1.54, 1.807) is 42.7 Å². The maximum absolute atomic E-state index is 12.9. The van der Waals surface area contributed by atoms with Crippen LogP contribution in [0, 0.1) is 0 Å². The molecule has 1 fully saturated rings. The summed E-state index contributed by atoms with van der Waals surface area (Å²) in [6.45, 7) is 3.98. The number of aromatic nitrogens is 3. The number of nitrogens with zero attached hydrogens (tertiary/aromatic N) is 4. The molecule has 1 saturated heterocycles. The number of halogens is 1. The van der Waals surface area contributed by atoms with Crippen molar-refractivity contribution in [1.29, 1.82) is 0 Å². The van der Waals surface area contributed by atoms with Crippen LogP contribution in [0.3, 0.4) is 0 Å². The van der Waals surface area contributed by atoms with Crippen molar-refractivity contribution in [2.75, 3.05) is 39.0 Å². The normalized spacial score (nSPS) is 14.4. The van der Waals surface area contributed by atoms with Crippen molar-refractivity contribution in [2.45, 2.75) is 11.4 Å². The summed E-state index contributed by atoms with van der Waals surface area (Å²) in [6.07, 6.45) is 8.15. The summed E-state index contributed by atoms with van der Waals surface area (Å²) in [5.41, 5.74) is 2.75. The van der Waals surface area contributed by atoms with E-state index in [4.69, 9.17) is 0 Å². The molecule has 3 N–H and O–H groups in total. The third-order valence-electron chi connectivity index (χ3n) is 6.76. The molecule has 210 valence electrons. The van der Waals surface area contributed by atoms with E-state index in [0.29, 0.717) is 34.3 Å². The molecule has 3 aromatic heterocycles. The van der Waals surface area contributed by atoms with Gasteiger partial charge in [-0.1, -0.05) is 6.08 Å². The van der Waals surface area contributed by atoms with Crippen molar-refractivity contribution in [3.05, 3.63) is 84.5 Å². The molecular formula is C28H31ClN6O4S. The Bertz CT molecular complexity index is 1600. The molecule has 4 heterocycles. The summed E-state index contributed by atoms with van der Waals surface area (Å²) in [5, 5.41) is 14.1. The van der Waals surface area contributed by atoms with Gasteiger partial charge in [0.15, 0.2) is 15.7 Å². The maximum Gasteiger partial charge on any atom is 0.251 e. The Hall–Kier alpha value is -3.93. The fourth-order valence-corrected chi connectivity index (χ4v) is 5.48. The molecule has 5 rings (SSSR count). The SMILES string of the molecule is CN1CCN(C=CCS(=O)(=O)c2ccc(-c3c(O)[nH]c4ccc(C(=O)NCc5ccncc5)cc34)nc2)CC1.Cl. The second kappa shape index (κ2) is 12.5. The van der Waals surface area contributed by atoms with E-state index in [9.17, 15) is 18.3 Å². The molecular weight excluding hydrogens is 552 g/mol. The molecule has 0 bridgehead atoms. The number of hydrogen-bond acceptors (Lipinski definition) is 8. The first-order valence-electron chi connectivity index (χ1n) is 12.6. The van der Waals surface area contributed by atoms with E-state index in [1.165, 1.54) is 12.3 Å². The molecule has 0 spiro atoms. The summed E-state index contributed by atoms with van der Waals surface area (Å²) in [6, 6.07) is 11.8. The van der Waals surface area contributed by atoms with Gasteiger partial charge in [-0.2, -0.15) is 0 Å². The molecule has 4 aromatic rings. The largest absolute Gasteiger partial charge is 0.494 e. The Morgan fingerprint density at radius 3 is 2.55 bits per heavy atom. The van der Waals surface area contributed by atoms with Gasteiger partial charge in [-0.05, 0) is 61.3 Å². The zero-order chi connectivity index (χ0) is 27.4. The van der Waals surface area contributed by atoms with Crippen LogP contribution in [0.5, 0.6) is 5.88 Å². The number of H-pyrrole nitrogens is 1. The summed E-state index contributed by atoms with van der Waals surface area (Å²) >= 11 is 0. The predicted octanol–water partition coefficient (Wildman–Crippen LogP) is 3.22. The number of rotatable bonds is 8. The van der Waals surface area contributed by atoms with Gasteiger partial charge in [0.1, 0.15) is 0 Å². The highest BCUT2D eigenvalue weighted by molar-refractivity contribution is 7.91. The number of pyridine rings is 2. The summed E-state index contributed by atoms with van der Waals surface area (Å²) in [4.78, 5) is 28.5. The van der Waals surface area contributed by atoms with Crippen LogP contribution >= 0.6 is 12.4 Å². The number of aromatic hydroxyl groups is 1. The number of sulfone groups is 1. The van der Waals surface area contributed by atoms with Gasteiger partial charge in [0.05, 0.1) is 21.9 Å². The van der Waals surface area contributed by atoms with E-state index in [0.717, 1.165) is 31.7 Å². The first kappa shape index (κ1) is 29.1. The average molecular weight is 583 g/mol. The molecule has 0 radical (unpaired) electrons. The third-order valence-corrected chi connectivity index (χ3v) is 8.36. The molecule has 1 aliphatic rings. The van der Waals surface area contributed by atoms with Gasteiger partial charge in [-0.25, -0.2) is 8.42 Å². The summed E-state index contributed by atoms with van der Waals surface area (Å²) < 4.78 is 25.7. The Morgan fingerprint density at radius 1 is 1.10 bits per heavy atom. The lowest BCUT2D eigenvalue weighted by Crippen LogP contribution is -2.41. The number of likely N-dealkylation sites (N-methyl/N-ethyl adjacent to an activating group) is 1. The Kier molecular flexibility index (Phi) is 9.08. The Balaban J connectivity index is 0.00000370. The topological polar surface area (TPSA) is 132 Å². The van der Waals surface area contributed by atoms with E-state index in [-0.39, 0.29) is 34.8 Å². The molecule has 12 heteroatoms. The van der Waals surface area contributed by atoms with Crippen molar-refractivity contribution in [3.8, 4) is 17.1 Å². The number of benzene rings is 1. The second-order valence-corrected chi connectivity index (χ2v) is 11.6. The predicted molar refractivity (Wildman–Crippen MR) is 156 cm³/mol. The minimum absolute atomic E-state index is 0. The van der Waals surface area contributed by atoms with Gasteiger partial charge in [0, 0.05) is 67.8 Å². The van der Waals surface area contributed by atoms with Crippen LogP contribution in [0.25, 0.3) is 22.2 Å². The van der Waals surface area contributed by atoms with Crippen molar-refractivity contribution < 1.29 is 18.3 Å². The van der Waals surface area contributed by atoms with Crippen LogP contribution in [0.4, 0.5) is 0 Å². The first-order valence-corrected chi connectivity index (χ1v) is 14.3. The minimum Gasteiger partial charge on any atom is -0.494 e. The number of piperazine rings is 1. The molecule has 1 amide bonds. The van der Waals surface area contributed by atoms with Crippen LogP contribution in [0.2, 0.25) is 0 Å². The summed E-state index contributed by atoms with van der Waals surface area (Å²) in [7, 11) is -1.50. The van der Waals surface area contributed by atoms with Crippen molar-refractivity contribution >= 4 is 39.1 Å². The van der Waals surface area contributed by atoms with E-state index >= 15 is 0 Å². The van der Waals surface area contributed by atoms with Crippen LogP contribution in [-0.4, -0.2) is 83.2 Å². The van der Waals surface area contributed by atoms with Crippen LogP contribution in [0.1, 0.15) is 15.9 Å². The maximum atomic E-state index is 12.9. The number of aromatic amines is 1. The summed E-state index contributed by atoms with van der Waals surface area (Å²) in [5.74, 6) is -0.506. The lowest BCUT2D eigenvalue weighted by atomic mass is 10.1. The number of nitrogens with one attached hydrogen (secondary N) is 2. The first-order chi connectivity index (χ1) is 18.8. The number of carbonyl (C=O) groups excluding carboxylic acids is 1. The zero-order valence-electron chi connectivity index (χ0n) is 21.9. The van der Waals surface area contributed by atoms with E-state index in [1.807, 2.05) is 18.3 Å². The lowest BCUT2D eigenvalue weighted by molar-refractivity contribution is 0.0951. The van der Waals surface area contributed by atoms with Crippen molar-refractivity contribution in [2.24, 2.45) is 0 Å².